The predicted octanol–water partition coefficient (Wildman–Crippen LogP) is 3.96. The minimum absolute atomic E-state index is 0.127. The lowest BCUT2D eigenvalue weighted by Gasteiger charge is -2.36. The number of methoxy groups -OCH3 is 1. The monoisotopic (exact) mass is 393 g/mol. The van der Waals surface area contributed by atoms with Crippen LogP contribution in [0.1, 0.15) is 21.6 Å². The van der Waals surface area contributed by atoms with Gasteiger partial charge in [-0.15, -0.1) is 0 Å². The predicted molar refractivity (Wildman–Crippen MR) is 112 cm³/mol. The van der Waals surface area contributed by atoms with E-state index in [1.165, 1.54) is 30.5 Å². The maximum atomic E-state index is 13.8. The van der Waals surface area contributed by atoms with Gasteiger partial charge in [-0.2, -0.15) is 0 Å². The fraction of sp³-hybridized carbons (Fsp3) is 0.304. The zero-order valence-electron chi connectivity index (χ0n) is 16.9. The standard InChI is InChI=1S/C23H24FN3O2/c1-15-5-4-6-18(11-15)26-7-9-27(10-8-26)23(28)20-14-21(29-3)19-13-17(24)12-16(2)22(19)25-20/h4-6,11-14H,7-10H2,1-3H3. The topological polar surface area (TPSA) is 45.7 Å². The Morgan fingerprint density at radius 3 is 2.52 bits per heavy atom. The third kappa shape index (κ3) is 3.75. The summed E-state index contributed by atoms with van der Waals surface area (Å²) >= 11 is 0. The fourth-order valence-corrected chi connectivity index (χ4v) is 3.86. The Morgan fingerprint density at radius 2 is 1.83 bits per heavy atom. The van der Waals surface area contributed by atoms with E-state index < -0.39 is 0 Å². The van der Waals surface area contributed by atoms with Crippen molar-refractivity contribution in [1.29, 1.82) is 0 Å². The van der Waals surface area contributed by atoms with Gasteiger partial charge < -0.3 is 14.5 Å². The molecule has 4 rings (SSSR count). The number of amides is 1. The number of halogens is 1. The molecule has 1 saturated heterocycles. The van der Waals surface area contributed by atoms with Gasteiger partial charge in [0.25, 0.3) is 5.91 Å². The summed E-state index contributed by atoms with van der Waals surface area (Å²) in [6.07, 6.45) is 0. The summed E-state index contributed by atoms with van der Waals surface area (Å²) in [5, 5.41) is 0.575. The lowest BCUT2D eigenvalue weighted by atomic mass is 10.1. The number of anilines is 1. The molecule has 0 saturated carbocycles. The zero-order valence-corrected chi connectivity index (χ0v) is 16.9. The first-order valence-corrected chi connectivity index (χ1v) is 9.72. The smallest absolute Gasteiger partial charge is 0.272 e. The summed E-state index contributed by atoms with van der Waals surface area (Å²) in [4.78, 5) is 21.7. The van der Waals surface area contributed by atoms with Gasteiger partial charge in [-0.1, -0.05) is 12.1 Å². The number of hydrogen-bond acceptors (Lipinski definition) is 4. The van der Waals surface area contributed by atoms with E-state index in [-0.39, 0.29) is 11.7 Å². The molecule has 29 heavy (non-hydrogen) atoms. The van der Waals surface area contributed by atoms with Crippen molar-refractivity contribution in [3.63, 3.8) is 0 Å². The van der Waals surface area contributed by atoms with Gasteiger partial charge >= 0.3 is 0 Å². The highest BCUT2D eigenvalue weighted by Crippen LogP contribution is 2.29. The molecule has 6 heteroatoms. The largest absolute Gasteiger partial charge is 0.496 e. The second kappa shape index (κ2) is 7.70. The van der Waals surface area contributed by atoms with Gasteiger partial charge in [0.15, 0.2) is 0 Å². The molecular formula is C23H24FN3O2. The molecule has 0 bridgehead atoms. The number of aryl methyl sites for hydroxylation is 2. The highest BCUT2D eigenvalue weighted by atomic mass is 19.1. The summed E-state index contributed by atoms with van der Waals surface area (Å²) < 4.78 is 19.2. The number of carbonyl (C=O) groups is 1. The molecule has 0 N–H and O–H groups in total. The van der Waals surface area contributed by atoms with Crippen LogP contribution in [0.15, 0.2) is 42.5 Å². The third-order valence-electron chi connectivity index (χ3n) is 5.40. The summed E-state index contributed by atoms with van der Waals surface area (Å²) in [6, 6.07) is 12.8. The minimum Gasteiger partial charge on any atom is -0.496 e. The van der Waals surface area contributed by atoms with Gasteiger partial charge in [0.1, 0.15) is 17.3 Å². The maximum Gasteiger partial charge on any atom is 0.272 e. The van der Waals surface area contributed by atoms with E-state index in [2.05, 4.69) is 41.1 Å². The van der Waals surface area contributed by atoms with Crippen LogP contribution in [0.4, 0.5) is 10.1 Å². The maximum absolute atomic E-state index is 13.8. The van der Waals surface area contributed by atoms with E-state index in [0.29, 0.717) is 41.0 Å². The second-order valence-electron chi connectivity index (χ2n) is 7.45. The highest BCUT2D eigenvalue weighted by molar-refractivity contribution is 5.98. The molecule has 0 atom stereocenters. The Kier molecular flexibility index (Phi) is 5.09. The first kappa shape index (κ1) is 19.2. The van der Waals surface area contributed by atoms with E-state index in [1.54, 1.807) is 13.0 Å². The fourth-order valence-electron chi connectivity index (χ4n) is 3.86. The van der Waals surface area contributed by atoms with Crippen LogP contribution in [0, 0.1) is 19.7 Å². The Bertz CT molecular complexity index is 1080. The van der Waals surface area contributed by atoms with Gasteiger partial charge in [-0.05, 0) is 49.2 Å². The first-order chi connectivity index (χ1) is 14.0. The average molecular weight is 393 g/mol. The SMILES string of the molecule is COc1cc(C(=O)N2CCN(c3cccc(C)c3)CC2)nc2c(C)cc(F)cc12. The van der Waals surface area contributed by atoms with Crippen molar-refractivity contribution < 1.29 is 13.9 Å². The normalized spacial score (nSPS) is 14.3. The number of carbonyl (C=O) groups excluding carboxylic acids is 1. The van der Waals surface area contributed by atoms with Crippen LogP contribution in [-0.4, -0.2) is 49.1 Å². The van der Waals surface area contributed by atoms with Gasteiger partial charge in [0.2, 0.25) is 0 Å². The van der Waals surface area contributed by atoms with E-state index in [1.807, 2.05) is 4.90 Å². The molecule has 2 heterocycles. The third-order valence-corrected chi connectivity index (χ3v) is 5.40. The van der Waals surface area contributed by atoms with Crippen molar-refractivity contribution in [1.82, 2.24) is 9.88 Å². The van der Waals surface area contributed by atoms with Crippen LogP contribution in [0.5, 0.6) is 5.75 Å². The van der Waals surface area contributed by atoms with Gasteiger partial charge in [-0.25, -0.2) is 9.37 Å². The van der Waals surface area contributed by atoms with Crippen LogP contribution in [0.25, 0.3) is 10.9 Å². The van der Waals surface area contributed by atoms with Gasteiger partial charge in [0, 0.05) is 43.3 Å². The Hall–Kier alpha value is -3.15. The number of piperazine rings is 1. The molecule has 1 aliphatic heterocycles. The van der Waals surface area contributed by atoms with E-state index in [9.17, 15) is 9.18 Å². The zero-order chi connectivity index (χ0) is 20.5. The van der Waals surface area contributed by atoms with Crippen LogP contribution in [0.2, 0.25) is 0 Å². The molecule has 1 amide bonds. The summed E-state index contributed by atoms with van der Waals surface area (Å²) in [5.74, 6) is -0.0152. The number of rotatable bonds is 3. The summed E-state index contributed by atoms with van der Waals surface area (Å²) in [7, 11) is 1.52. The number of benzene rings is 2. The quantitative estimate of drug-likeness (QED) is 0.676. The summed E-state index contributed by atoms with van der Waals surface area (Å²) in [5.41, 5.74) is 4.00. The molecule has 0 spiro atoms. The van der Waals surface area contributed by atoms with Crippen LogP contribution in [0.3, 0.4) is 0 Å². The molecule has 3 aromatic rings. The second-order valence-corrected chi connectivity index (χ2v) is 7.45. The van der Waals surface area contributed by atoms with E-state index in [4.69, 9.17) is 4.74 Å². The number of pyridine rings is 1. The lowest BCUT2D eigenvalue weighted by molar-refractivity contribution is 0.0741. The van der Waals surface area contributed by atoms with Gasteiger partial charge in [0.05, 0.1) is 12.6 Å². The Morgan fingerprint density at radius 1 is 1.07 bits per heavy atom. The van der Waals surface area contributed by atoms with Crippen LogP contribution in [-0.2, 0) is 0 Å². The Labute approximate surface area is 169 Å². The molecular weight excluding hydrogens is 369 g/mol. The van der Waals surface area contributed by atoms with Crippen molar-refractivity contribution in [3.8, 4) is 5.75 Å². The molecule has 1 aliphatic rings. The highest BCUT2D eigenvalue weighted by Gasteiger charge is 2.24. The van der Waals surface area contributed by atoms with E-state index >= 15 is 0 Å². The molecule has 1 fully saturated rings. The van der Waals surface area contributed by atoms with Crippen LogP contribution < -0.4 is 9.64 Å². The van der Waals surface area contributed by atoms with Crippen molar-refractivity contribution in [2.24, 2.45) is 0 Å². The molecule has 2 aromatic carbocycles. The minimum atomic E-state index is -0.346. The average Bonchev–Trinajstić information content (AvgIpc) is 2.72. The Balaban J connectivity index is 1.57. The number of aromatic nitrogens is 1. The molecule has 0 aliphatic carbocycles. The molecule has 0 unspecified atom stereocenters. The number of nitrogens with zero attached hydrogens (tertiary/aromatic N) is 3. The van der Waals surface area contributed by atoms with Gasteiger partial charge in [-0.3, -0.25) is 4.79 Å². The molecule has 5 nitrogen and oxygen atoms in total. The van der Waals surface area contributed by atoms with Crippen LogP contribution >= 0.6 is 0 Å². The molecule has 1 aromatic heterocycles. The first-order valence-electron chi connectivity index (χ1n) is 9.72. The van der Waals surface area contributed by atoms with E-state index in [0.717, 1.165) is 13.1 Å². The van der Waals surface area contributed by atoms with Crippen molar-refractivity contribution >= 4 is 22.5 Å². The molecule has 150 valence electrons. The van der Waals surface area contributed by atoms with Crippen molar-refractivity contribution in [2.75, 3.05) is 38.2 Å². The summed E-state index contributed by atoms with van der Waals surface area (Å²) in [6.45, 7) is 6.64. The number of fused-ring (bicyclic) bond motifs is 1. The van der Waals surface area contributed by atoms with Crippen molar-refractivity contribution in [3.05, 3.63) is 65.1 Å². The number of hydrogen-bond donors (Lipinski definition) is 0. The molecule has 0 radical (unpaired) electrons. The van der Waals surface area contributed by atoms with Crippen molar-refractivity contribution in [2.45, 2.75) is 13.8 Å². The lowest BCUT2D eigenvalue weighted by Crippen LogP contribution is -2.49. The number of ether oxygens (including phenoxy) is 1.